The van der Waals surface area contributed by atoms with E-state index in [1.54, 1.807) is 4.90 Å². The third-order valence-corrected chi connectivity index (χ3v) is 5.04. The maximum atomic E-state index is 13.4. The van der Waals surface area contributed by atoms with Gasteiger partial charge >= 0.3 is 0 Å². The second-order valence-corrected chi connectivity index (χ2v) is 6.90. The van der Waals surface area contributed by atoms with Crippen molar-refractivity contribution in [2.75, 3.05) is 18.4 Å². The Morgan fingerprint density at radius 3 is 2.44 bits per heavy atom. The number of benzene rings is 2. The van der Waals surface area contributed by atoms with Crippen molar-refractivity contribution in [2.45, 2.75) is 12.8 Å². The number of halogens is 2. The summed E-state index contributed by atoms with van der Waals surface area (Å²) < 4.78 is 14.0. The van der Waals surface area contributed by atoms with Crippen LogP contribution in [0.1, 0.15) is 23.2 Å². The molecule has 25 heavy (non-hydrogen) atoms. The maximum Gasteiger partial charge on any atom is 0.255 e. The van der Waals surface area contributed by atoms with E-state index in [2.05, 4.69) is 21.2 Å². The normalized spacial score (nSPS) is 15.0. The maximum absolute atomic E-state index is 13.4. The van der Waals surface area contributed by atoms with Crippen LogP contribution in [-0.2, 0) is 4.79 Å². The monoisotopic (exact) mass is 404 g/mol. The second kappa shape index (κ2) is 7.78. The summed E-state index contributed by atoms with van der Waals surface area (Å²) in [6.45, 7) is 0.962. The smallest absolute Gasteiger partial charge is 0.255 e. The largest absolute Gasteiger partial charge is 0.339 e. The standard InChI is InChI=1S/C19H18BrFN2O2/c20-17-7-6-14(21)12-16(17)19(25)23-10-8-13(9-11-23)18(24)22-15-4-2-1-3-5-15/h1-7,12-13H,8-11H2,(H,22,24). The molecule has 130 valence electrons. The molecule has 0 atom stereocenters. The summed E-state index contributed by atoms with van der Waals surface area (Å²) in [4.78, 5) is 26.6. The number of amides is 2. The number of para-hydroxylation sites is 1. The molecule has 1 saturated heterocycles. The number of carbonyl (C=O) groups is 2. The number of carbonyl (C=O) groups excluding carboxylic acids is 2. The van der Waals surface area contributed by atoms with E-state index in [4.69, 9.17) is 0 Å². The van der Waals surface area contributed by atoms with E-state index in [1.807, 2.05) is 30.3 Å². The molecular weight excluding hydrogens is 387 g/mol. The van der Waals surface area contributed by atoms with Gasteiger partial charge in [-0.3, -0.25) is 9.59 Å². The first-order valence-electron chi connectivity index (χ1n) is 8.15. The van der Waals surface area contributed by atoms with Crippen molar-refractivity contribution >= 4 is 33.4 Å². The van der Waals surface area contributed by atoms with Gasteiger partial charge in [-0.25, -0.2) is 4.39 Å². The first kappa shape index (κ1) is 17.6. The van der Waals surface area contributed by atoms with Gasteiger partial charge in [0.05, 0.1) is 5.56 Å². The molecular formula is C19H18BrFN2O2. The highest BCUT2D eigenvalue weighted by Gasteiger charge is 2.28. The molecule has 1 fully saturated rings. The minimum atomic E-state index is -0.441. The molecule has 2 amide bonds. The Morgan fingerprint density at radius 2 is 1.76 bits per heavy atom. The topological polar surface area (TPSA) is 49.4 Å². The molecule has 0 radical (unpaired) electrons. The van der Waals surface area contributed by atoms with Crippen LogP contribution in [0.5, 0.6) is 0 Å². The van der Waals surface area contributed by atoms with Crippen LogP contribution in [0.15, 0.2) is 53.0 Å². The lowest BCUT2D eigenvalue weighted by atomic mass is 9.95. The van der Waals surface area contributed by atoms with Gasteiger partial charge in [-0.15, -0.1) is 0 Å². The summed E-state index contributed by atoms with van der Waals surface area (Å²) in [6, 6.07) is 13.4. The predicted octanol–water partition coefficient (Wildman–Crippen LogP) is 4.08. The number of likely N-dealkylation sites (tertiary alicyclic amines) is 1. The Labute approximate surface area is 154 Å². The zero-order chi connectivity index (χ0) is 17.8. The zero-order valence-electron chi connectivity index (χ0n) is 13.5. The highest BCUT2D eigenvalue weighted by atomic mass is 79.9. The predicted molar refractivity (Wildman–Crippen MR) is 97.8 cm³/mol. The highest BCUT2D eigenvalue weighted by molar-refractivity contribution is 9.10. The van der Waals surface area contributed by atoms with Gasteiger partial charge in [-0.2, -0.15) is 0 Å². The van der Waals surface area contributed by atoms with Crippen molar-refractivity contribution in [3.05, 3.63) is 64.4 Å². The van der Waals surface area contributed by atoms with Gasteiger partial charge in [0.1, 0.15) is 5.82 Å². The number of anilines is 1. The van der Waals surface area contributed by atoms with Gasteiger partial charge in [0.2, 0.25) is 5.91 Å². The second-order valence-electron chi connectivity index (χ2n) is 6.05. The van der Waals surface area contributed by atoms with E-state index >= 15 is 0 Å². The summed E-state index contributed by atoms with van der Waals surface area (Å²) >= 11 is 3.29. The minimum Gasteiger partial charge on any atom is -0.339 e. The number of hydrogen-bond donors (Lipinski definition) is 1. The first-order valence-corrected chi connectivity index (χ1v) is 8.94. The lowest BCUT2D eigenvalue weighted by Crippen LogP contribution is -2.41. The number of hydrogen-bond acceptors (Lipinski definition) is 2. The third kappa shape index (κ3) is 4.25. The van der Waals surface area contributed by atoms with Gasteiger partial charge in [-0.05, 0) is 59.1 Å². The fraction of sp³-hybridized carbons (Fsp3) is 0.263. The summed E-state index contributed by atoms with van der Waals surface area (Å²) in [5, 5.41) is 2.90. The summed E-state index contributed by atoms with van der Waals surface area (Å²) in [5.74, 6) is -0.803. The molecule has 4 nitrogen and oxygen atoms in total. The van der Waals surface area contributed by atoms with Crippen molar-refractivity contribution in [1.82, 2.24) is 4.90 Å². The molecule has 0 unspecified atom stereocenters. The SMILES string of the molecule is O=C(Nc1ccccc1)C1CCN(C(=O)c2cc(F)ccc2Br)CC1. The molecule has 0 spiro atoms. The van der Waals surface area contributed by atoms with Crippen molar-refractivity contribution in [2.24, 2.45) is 5.92 Å². The molecule has 1 aliphatic rings. The Bertz CT molecular complexity index is 774. The summed E-state index contributed by atoms with van der Waals surface area (Å²) in [7, 11) is 0. The van der Waals surface area contributed by atoms with Crippen LogP contribution in [0.2, 0.25) is 0 Å². The van der Waals surface area contributed by atoms with Crippen molar-refractivity contribution < 1.29 is 14.0 Å². The molecule has 1 heterocycles. The number of rotatable bonds is 3. The fourth-order valence-electron chi connectivity index (χ4n) is 2.94. The summed E-state index contributed by atoms with van der Waals surface area (Å²) in [5.41, 5.74) is 1.09. The van der Waals surface area contributed by atoms with E-state index in [9.17, 15) is 14.0 Å². The zero-order valence-corrected chi connectivity index (χ0v) is 15.1. The van der Waals surface area contributed by atoms with Crippen LogP contribution in [0.3, 0.4) is 0 Å². The van der Waals surface area contributed by atoms with Crippen LogP contribution >= 0.6 is 15.9 Å². The first-order chi connectivity index (χ1) is 12.0. The van der Waals surface area contributed by atoms with E-state index in [0.29, 0.717) is 36.0 Å². The molecule has 2 aromatic carbocycles. The Balaban J connectivity index is 1.59. The van der Waals surface area contributed by atoms with Gasteiger partial charge in [-0.1, -0.05) is 18.2 Å². The Morgan fingerprint density at radius 1 is 1.08 bits per heavy atom. The van der Waals surface area contributed by atoms with Gasteiger partial charge in [0.25, 0.3) is 5.91 Å². The molecule has 0 bridgehead atoms. The van der Waals surface area contributed by atoms with Gasteiger partial charge < -0.3 is 10.2 Å². The Hall–Kier alpha value is -2.21. The molecule has 0 aromatic heterocycles. The molecule has 6 heteroatoms. The molecule has 3 rings (SSSR count). The number of piperidine rings is 1. The summed E-state index contributed by atoms with van der Waals surface area (Å²) in [6.07, 6.45) is 1.19. The Kier molecular flexibility index (Phi) is 5.48. The quantitative estimate of drug-likeness (QED) is 0.837. The van der Waals surface area contributed by atoms with Crippen LogP contribution in [0, 0.1) is 11.7 Å². The van der Waals surface area contributed by atoms with Gasteiger partial charge in [0.15, 0.2) is 0 Å². The minimum absolute atomic E-state index is 0.0229. The van der Waals surface area contributed by atoms with Crippen LogP contribution < -0.4 is 5.32 Å². The molecule has 2 aromatic rings. The lowest BCUT2D eigenvalue weighted by molar-refractivity contribution is -0.121. The van der Waals surface area contributed by atoms with Gasteiger partial charge in [0, 0.05) is 29.2 Å². The average Bonchev–Trinajstić information content (AvgIpc) is 2.64. The molecule has 1 aliphatic heterocycles. The van der Waals surface area contributed by atoms with Crippen molar-refractivity contribution in [3.63, 3.8) is 0 Å². The third-order valence-electron chi connectivity index (χ3n) is 4.35. The number of nitrogens with one attached hydrogen (secondary N) is 1. The number of nitrogens with zero attached hydrogens (tertiary/aromatic N) is 1. The van der Waals surface area contributed by atoms with E-state index in [0.717, 1.165) is 5.69 Å². The molecule has 0 aliphatic carbocycles. The van der Waals surface area contributed by atoms with E-state index < -0.39 is 5.82 Å². The lowest BCUT2D eigenvalue weighted by Gasteiger charge is -2.31. The fourth-order valence-corrected chi connectivity index (χ4v) is 3.36. The molecule has 1 N–H and O–H groups in total. The van der Waals surface area contributed by atoms with Crippen LogP contribution in [0.4, 0.5) is 10.1 Å². The van der Waals surface area contributed by atoms with Crippen molar-refractivity contribution in [3.8, 4) is 0 Å². The van der Waals surface area contributed by atoms with E-state index in [-0.39, 0.29) is 17.7 Å². The molecule has 0 saturated carbocycles. The van der Waals surface area contributed by atoms with Crippen LogP contribution in [-0.4, -0.2) is 29.8 Å². The average molecular weight is 405 g/mol. The van der Waals surface area contributed by atoms with Crippen molar-refractivity contribution in [1.29, 1.82) is 0 Å². The van der Waals surface area contributed by atoms with Crippen LogP contribution in [0.25, 0.3) is 0 Å². The highest BCUT2D eigenvalue weighted by Crippen LogP contribution is 2.24. The van der Waals surface area contributed by atoms with E-state index in [1.165, 1.54) is 18.2 Å².